The molecule has 4 nitrogen and oxygen atoms in total. The van der Waals surface area contributed by atoms with Crippen LogP contribution in [0.15, 0.2) is 42.7 Å². The number of hydrogen-bond donors (Lipinski definition) is 1. The fraction of sp³-hybridized carbons (Fsp3) is 0.133. The quantitative estimate of drug-likeness (QED) is 0.934. The summed E-state index contributed by atoms with van der Waals surface area (Å²) < 4.78 is 0. The zero-order valence-electron chi connectivity index (χ0n) is 10.9. The van der Waals surface area contributed by atoms with Crippen LogP contribution in [0.4, 0.5) is 5.69 Å². The first-order valence-corrected chi connectivity index (χ1v) is 6.90. The molecule has 0 bridgehead atoms. The number of benzene rings is 1. The van der Waals surface area contributed by atoms with Gasteiger partial charge in [0.25, 0.3) is 0 Å². The molecule has 0 spiro atoms. The molecular formula is C15H11Cl2N3O. The van der Waals surface area contributed by atoms with Crippen molar-refractivity contribution >= 4 is 34.8 Å². The monoisotopic (exact) mass is 319 g/mol. The lowest BCUT2D eigenvalue weighted by molar-refractivity contribution is -0.118. The van der Waals surface area contributed by atoms with Crippen LogP contribution < -0.4 is 5.32 Å². The molecule has 1 N–H and O–H groups in total. The van der Waals surface area contributed by atoms with Gasteiger partial charge in [0.2, 0.25) is 5.91 Å². The van der Waals surface area contributed by atoms with E-state index in [1.54, 1.807) is 42.7 Å². The number of nitrogens with one attached hydrogen (secondary N) is 1. The molecule has 1 aromatic carbocycles. The number of carbonyl (C=O) groups is 1. The maximum absolute atomic E-state index is 12.2. The lowest BCUT2D eigenvalue weighted by Crippen LogP contribution is -2.23. The largest absolute Gasteiger partial charge is 0.324 e. The highest BCUT2D eigenvalue weighted by molar-refractivity contribution is 6.35. The first-order chi connectivity index (χ1) is 10.1. The Bertz CT molecular complexity index is 683. The highest BCUT2D eigenvalue weighted by atomic mass is 35.5. The molecule has 1 amide bonds. The normalized spacial score (nSPS) is 11.5. The van der Waals surface area contributed by atoms with Crippen LogP contribution in [0.25, 0.3) is 0 Å². The zero-order chi connectivity index (χ0) is 15.2. The minimum absolute atomic E-state index is 0.309. The summed E-state index contributed by atoms with van der Waals surface area (Å²) in [6.45, 7) is 0. The fourth-order valence-electron chi connectivity index (χ4n) is 1.76. The van der Waals surface area contributed by atoms with Crippen LogP contribution >= 0.6 is 23.2 Å². The molecule has 0 aliphatic rings. The summed E-state index contributed by atoms with van der Waals surface area (Å²) in [6.07, 6.45) is 3.55. The van der Waals surface area contributed by atoms with Crippen molar-refractivity contribution in [2.45, 2.75) is 6.42 Å². The minimum atomic E-state index is -0.817. The van der Waals surface area contributed by atoms with E-state index in [4.69, 9.17) is 23.2 Å². The Kier molecular flexibility index (Phi) is 5.15. The predicted octanol–water partition coefficient (Wildman–Crippen LogP) is 3.71. The molecule has 1 heterocycles. The maximum Gasteiger partial charge on any atom is 0.242 e. The zero-order valence-corrected chi connectivity index (χ0v) is 12.4. The van der Waals surface area contributed by atoms with Gasteiger partial charge in [-0.15, -0.1) is 0 Å². The third-order valence-electron chi connectivity index (χ3n) is 2.85. The summed E-state index contributed by atoms with van der Waals surface area (Å²) in [4.78, 5) is 16.1. The van der Waals surface area contributed by atoms with Gasteiger partial charge in [-0.05, 0) is 42.3 Å². The first kappa shape index (κ1) is 15.3. The number of nitriles is 1. The summed E-state index contributed by atoms with van der Waals surface area (Å²) in [5.41, 5.74) is 1.26. The summed E-state index contributed by atoms with van der Waals surface area (Å²) in [7, 11) is 0. The van der Waals surface area contributed by atoms with Crippen molar-refractivity contribution in [3.63, 3.8) is 0 Å². The van der Waals surface area contributed by atoms with Gasteiger partial charge in [-0.2, -0.15) is 5.26 Å². The number of hydrogen-bond acceptors (Lipinski definition) is 3. The van der Waals surface area contributed by atoms with Gasteiger partial charge in [0.1, 0.15) is 5.92 Å². The number of pyridine rings is 1. The number of nitrogens with zero attached hydrogens (tertiary/aromatic N) is 2. The Morgan fingerprint density at radius 1 is 1.29 bits per heavy atom. The van der Waals surface area contributed by atoms with E-state index in [1.165, 1.54) is 0 Å². The molecule has 0 aliphatic carbocycles. The van der Waals surface area contributed by atoms with Crippen LogP contribution in [-0.2, 0) is 11.2 Å². The van der Waals surface area contributed by atoms with Crippen molar-refractivity contribution in [3.05, 3.63) is 58.3 Å². The Hall–Kier alpha value is -2.09. The second-order valence-corrected chi connectivity index (χ2v) is 5.20. The van der Waals surface area contributed by atoms with Crippen molar-refractivity contribution in [2.24, 2.45) is 5.92 Å². The Labute approximate surface area is 132 Å². The number of rotatable bonds is 4. The molecule has 0 unspecified atom stereocenters. The molecule has 6 heteroatoms. The van der Waals surface area contributed by atoms with Gasteiger partial charge < -0.3 is 5.32 Å². The second-order valence-electron chi connectivity index (χ2n) is 4.35. The predicted molar refractivity (Wildman–Crippen MR) is 82.1 cm³/mol. The minimum Gasteiger partial charge on any atom is -0.324 e. The van der Waals surface area contributed by atoms with Crippen LogP contribution in [0.2, 0.25) is 10.0 Å². The molecule has 0 saturated carbocycles. The summed E-state index contributed by atoms with van der Waals surface area (Å²) in [6, 6.07) is 10.3. The summed E-state index contributed by atoms with van der Waals surface area (Å²) >= 11 is 11.8. The van der Waals surface area contributed by atoms with E-state index in [-0.39, 0.29) is 0 Å². The van der Waals surface area contributed by atoms with E-state index >= 15 is 0 Å². The van der Waals surface area contributed by atoms with Gasteiger partial charge >= 0.3 is 0 Å². The van der Waals surface area contributed by atoms with E-state index in [2.05, 4.69) is 10.3 Å². The average molecular weight is 320 g/mol. The van der Waals surface area contributed by atoms with Crippen molar-refractivity contribution in [2.75, 3.05) is 5.32 Å². The van der Waals surface area contributed by atoms with Crippen LogP contribution in [0.3, 0.4) is 0 Å². The number of carbonyl (C=O) groups excluding carboxylic acids is 1. The Morgan fingerprint density at radius 3 is 2.67 bits per heavy atom. The summed E-state index contributed by atoms with van der Waals surface area (Å²) in [5.74, 6) is -1.24. The van der Waals surface area contributed by atoms with Gasteiger partial charge in [-0.25, -0.2) is 0 Å². The van der Waals surface area contributed by atoms with Crippen LogP contribution in [0.1, 0.15) is 5.56 Å². The molecule has 2 rings (SSSR count). The second kappa shape index (κ2) is 7.07. The van der Waals surface area contributed by atoms with Crippen molar-refractivity contribution in [3.8, 4) is 6.07 Å². The number of amides is 1. The average Bonchev–Trinajstić information content (AvgIpc) is 2.49. The molecule has 2 aromatic rings. The highest BCUT2D eigenvalue weighted by Crippen LogP contribution is 2.26. The Morgan fingerprint density at radius 2 is 2.00 bits per heavy atom. The molecule has 106 valence electrons. The van der Waals surface area contributed by atoms with E-state index < -0.39 is 11.8 Å². The smallest absolute Gasteiger partial charge is 0.242 e. The van der Waals surface area contributed by atoms with E-state index in [0.29, 0.717) is 22.2 Å². The van der Waals surface area contributed by atoms with Gasteiger partial charge in [-0.1, -0.05) is 23.2 Å². The fourth-order valence-corrected chi connectivity index (χ4v) is 2.10. The molecule has 0 fully saturated rings. The molecule has 1 aromatic heterocycles. The van der Waals surface area contributed by atoms with E-state index in [1.807, 2.05) is 6.07 Å². The lowest BCUT2D eigenvalue weighted by atomic mass is 10.0. The third kappa shape index (κ3) is 4.19. The number of halogens is 2. The van der Waals surface area contributed by atoms with E-state index in [9.17, 15) is 10.1 Å². The lowest BCUT2D eigenvalue weighted by Gasteiger charge is -2.11. The van der Waals surface area contributed by atoms with Crippen LogP contribution in [-0.4, -0.2) is 10.9 Å². The SMILES string of the molecule is N#C[C@H](Cc1ccncc1)C(=O)Nc1cc(Cl)ccc1Cl. The summed E-state index contributed by atoms with van der Waals surface area (Å²) in [5, 5.41) is 12.6. The van der Waals surface area contributed by atoms with Crippen LogP contribution in [0.5, 0.6) is 0 Å². The third-order valence-corrected chi connectivity index (χ3v) is 3.41. The molecule has 0 aliphatic heterocycles. The highest BCUT2D eigenvalue weighted by Gasteiger charge is 2.19. The molecular weight excluding hydrogens is 309 g/mol. The number of anilines is 1. The first-order valence-electron chi connectivity index (χ1n) is 6.14. The topological polar surface area (TPSA) is 65.8 Å². The number of aromatic nitrogens is 1. The van der Waals surface area contributed by atoms with Gasteiger partial charge in [0, 0.05) is 17.4 Å². The van der Waals surface area contributed by atoms with Crippen molar-refractivity contribution in [1.82, 2.24) is 4.98 Å². The molecule has 1 atom stereocenters. The molecule has 0 saturated heterocycles. The Balaban J connectivity index is 2.10. The van der Waals surface area contributed by atoms with Gasteiger partial charge in [0.15, 0.2) is 0 Å². The van der Waals surface area contributed by atoms with Gasteiger partial charge in [-0.3, -0.25) is 9.78 Å². The molecule has 0 radical (unpaired) electrons. The molecule has 21 heavy (non-hydrogen) atoms. The standard InChI is InChI=1S/C15H11Cl2N3O/c16-12-1-2-13(17)14(8-12)20-15(21)11(9-18)7-10-3-5-19-6-4-10/h1-6,8,11H,7H2,(H,20,21)/t11-/m0/s1. The van der Waals surface area contributed by atoms with E-state index in [0.717, 1.165) is 5.56 Å². The van der Waals surface area contributed by atoms with Crippen molar-refractivity contribution in [1.29, 1.82) is 5.26 Å². The van der Waals surface area contributed by atoms with Crippen molar-refractivity contribution < 1.29 is 4.79 Å². The maximum atomic E-state index is 12.2. The van der Waals surface area contributed by atoms with Gasteiger partial charge in [0.05, 0.1) is 16.8 Å². The van der Waals surface area contributed by atoms with Crippen LogP contribution in [0, 0.1) is 17.2 Å².